The van der Waals surface area contributed by atoms with Gasteiger partial charge in [0.15, 0.2) is 0 Å². The summed E-state index contributed by atoms with van der Waals surface area (Å²) in [6, 6.07) is 21.1. The fourth-order valence-electron chi connectivity index (χ4n) is 7.39. The molecule has 1 aliphatic carbocycles. The van der Waals surface area contributed by atoms with Crippen molar-refractivity contribution in [3.63, 3.8) is 0 Å². The van der Waals surface area contributed by atoms with E-state index in [2.05, 4.69) is 74.9 Å². The van der Waals surface area contributed by atoms with Gasteiger partial charge in [-0.25, -0.2) is 14.4 Å². The lowest BCUT2D eigenvalue weighted by atomic mass is 10.0. The van der Waals surface area contributed by atoms with Gasteiger partial charge in [-0.2, -0.15) is 5.10 Å². The second-order valence-electron chi connectivity index (χ2n) is 14.4. The Labute approximate surface area is 312 Å². The van der Waals surface area contributed by atoms with Gasteiger partial charge in [-0.15, -0.1) is 0 Å². The molecule has 3 aliphatic rings. The van der Waals surface area contributed by atoms with E-state index in [0.29, 0.717) is 22.4 Å². The molecule has 2 N–H and O–H groups in total. The van der Waals surface area contributed by atoms with Crippen molar-refractivity contribution in [2.45, 2.75) is 64.3 Å². The topological polar surface area (TPSA) is 93.1 Å². The summed E-state index contributed by atoms with van der Waals surface area (Å²) in [5, 5.41) is 13.0. The van der Waals surface area contributed by atoms with Crippen molar-refractivity contribution in [3.8, 4) is 5.88 Å². The molecular formula is C42H41ClFN7O2. The van der Waals surface area contributed by atoms with E-state index in [-0.39, 0.29) is 12.7 Å². The molecule has 0 unspecified atom stereocenters. The van der Waals surface area contributed by atoms with E-state index in [0.717, 1.165) is 96.2 Å². The largest absolute Gasteiger partial charge is 0.473 e. The number of H-pyrrole nitrogens is 1. The second-order valence-corrected chi connectivity index (χ2v) is 14.9. The summed E-state index contributed by atoms with van der Waals surface area (Å²) in [5.74, 6) is 1.69. The van der Waals surface area contributed by atoms with Crippen LogP contribution in [0.25, 0.3) is 33.2 Å². The molecule has 270 valence electrons. The summed E-state index contributed by atoms with van der Waals surface area (Å²) in [5.41, 5.74) is 10.8. The molecule has 53 heavy (non-hydrogen) atoms. The lowest BCUT2D eigenvalue weighted by Gasteiger charge is -2.29. The molecule has 2 fully saturated rings. The van der Waals surface area contributed by atoms with Gasteiger partial charge >= 0.3 is 0 Å². The van der Waals surface area contributed by atoms with Crippen molar-refractivity contribution in [1.29, 1.82) is 0 Å². The number of ether oxygens (including phenoxy) is 2. The molecule has 9 nitrogen and oxygen atoms in total. The molecule has 0 spiro atoms. The molecular weight excluding hydrogens is 689 g/mol. The molecule has 2 aliphatic heterocycles. The van der Waals surface area contributed by atoms with E-state index >= 15 is 0 Å². The maximum Gasteiger partial charge on any atom is 0.214 e. The molecule has 0 bridgehead atoms. The normalized spacial score (nSPS) is 17.6. The SMILES string of the molecule is C=C(Nc1cc(C)c2n[nH]c(C3CC3)c2c1)c1ccc2c(c1)nc(CN1CC=C(c3cccc(OCc4ccc(Cl)cc4F)n3)CC1)n2C[C@@H]1CCO1. The zero-order chi connectivity index (χ0) is 36.1. The Morgan fingerprint density at radius 3 is 2.75 bits per heavy atom. The minimum absolute atomic E-state index is 0.0778. The van der Waals surface area contributed by atoms with Crippen molar-refractivity contribution in [2.24, 2.45) is 0 Å². The van der Waals surface area contributed by atoms with Crippen LogP contribution in [-0.4, -0.2) is 55.4 Å². The first-order valence-corrected chi connectivity index (χ1v) is 18.7. The Kier molecular flexibility index (Phi) is 8.97. The van der Waals surface area contributed by atoms with E-state index in [9.17, 15) is 4.39 Å². The molecule has 3 aromatic heterocycles. The molecule has 6 aromatic rings. The third kappa shape index (κ3) is 7.06. The third-order valence-electron chi connectivity index (χ3n) is 10.6. The number of benzene rings is 3. The Balaban J connectivity index is 0.901. The molecule has 11 heteroatoms. The van der Waals surface area contributed by atoms with Crippen molar-refractivity contribution < 1.29 is 13.9 Å². The molecule has 0 amide bonds. The predicted molar refractivity (Wildman–Crippen MR) is 207 cm³/mol. The number of nitrogens with zero attached hydrogens (tertiary/aromatic N) is 5. The van der Waals surface area contributed by atoms with Gasteiger partial charge < -0.3 is 19.4 Å². The third-order valence-corrected chi connectivity index (χ3v) is 10.9. The van der Waals surface area contributed by atoms with Crippen molar-refractivity contribution in [3.05, 3.63) is 124 Å². The van der Waals surface area contributed by atoms with Gasteiger partial charge in [0, 0.05) is 64.7 Å². The summed E-state index contributed by atoms with van der Waals surface area (Å²) < 4.78 is 28.3. The first kappa shape index (κ1) is 33.8. The highest BCUT2D eigenvalue weighted by atomic mass is 35.5. The minimum Gasteiger partial charge on any atom is -0.473 e. The van der Waals surface area contributed by atoms with Gasteiger partial charge in [-0.3, -0.25) is 10.00 Å². The van der Waals surface area contributed by atoms with Crippen LogP contribution in [-0.2, 0) is 24.4 Å². The molecule has 0 radical (unpaired) electrons. The lowest BCUT2D eigenvalue weighted by Crippen LogP contribution is -2.33. The number of fused-ring (bicyclic) bond motifs is 2. The smallest absolute Gasteiger partial charge is 0.214 e. The summed E-state index contributed by atoms with van der Waals surface area (Å²) in [4.78, 5) is 12.3. The zero-order valence-electron chi connectivity index (χ0n) is 29.7. The fraction of sp³-hybridized carbons (Fsp3) is 0.310. The highest BCUT2D eigenvalue weighted by Crippen LogP contribution is 2.43. The fourth-order valence-corrected chi connectivity index (χ4v) is 7.55. The summed E-state index contributed by atoms with van der Waals surface area (Å²) in [6.45, 7) is 10.6. The maximum absolute atomic E-state index is 14.3. The van der Waals surface area contributed by atoms with Crippen LogP contribution < -0.4 is 10.1 Å². The lowest BCUT2D eigenvalue weighted by molar-refractivity contribution is -0.0591. The number of halogens is 2. The quantitative estimate of drug-likeness (QED) is 0.130. The zero-order valence-corrected chi connectivity index (χ0v) is 30.4. The van der Waals surface area contributed by atoms with Gasteiger partial charge in [-0.1, -0.05) is 42.5 Å². The Morgan fingerprint density at radius 2 is 1.98 bits per heavy atom. The van der Waals surface area contributed by atoms with Crippen LogP contribution in [0.3, 0.4) is 0 Å². The molecule has 1 atom stereocenters. The molecule has 1 saturated heterocycles. The van der Waals surface area contributed by atoms with Crippen molar-refractivity contribution in [2.75, 3.05) is 25.0 Å². The van der Waals surface area contributed by atoms with Crippen LogP contribution in [0.15, 0.2) is 79.4 Å². The maximum atomic E-state index is 14.3. The van der Waals surface area contributed by atoms with Crippen LogP contribution in [0, 0.1) is 12.7 Å². The van der Waals surface area contributed by atoms with Crippen LogP contribution in [0.1, 0.15) is 65.5 Å². The van der Waals surface area contributed by atoms with E-state index in [1.807, 2.05) is 12.1 Å². The number of aromatic amines is 1. The number of hydrogen-bond donors (Lipinski definition) is 2. The van der Waals surface area contributed by atoms with Gasteiger partial charge in [0.25, 0.3) is 0 Å². The molecule has 3 aromatic carbocycles. The van der Waals surface area contributed by atoms with Crippen LogP contribution in [0.2, 0.25) is 5.02 Å². The van der Waals surface area contributed by atoms with E-state index in [1.165, 1.54) is 35.6 Å². The summed E-state index contributed by atoms with van der Waals surface area (Å²) >= 11 is 5.89. The Morgan fingerprint density at radius 1 is 1.09 bits per heavy atom. The molecule has 9 rings (SSSR count). The Bertz CT molecular complexity index is 2390. The van der Waals surface area contributed by atoms with Gasteiger partial charge in [0.05, 0.1) is 41.4 Å². The molecule has 1 saturated carbocycles. The van der Waals surface area contributed by atoms with Gasteiger partial charge in [0.2, 0.25) is 5.88 Å². The van der Waals surface area contributed by atoms with Crippen molar-refractivity contribution >= 4 is 50.5 Å². The predicted octanol–water partition coefficient (Wildman–Crippen LogP) is 9.03. The Hall–Kier alpha value is -5.03. The van der Waals surface area contributed by atoms with Crippen LogP contribution in [0.4, 0.5) is 10.1 Å². The summed E-state index contributed by atoms with van der Waals surface area (Å²) in [7, 11) is 0. The number of rotatable bonds is 12. The highest BCUT2D eigenvalue weighted by molar-refractivity contribution is 6.30. The number of nitrogens with one attached hydrogen (secondary N) is 2. The average molecular weight is 730 g/mol. The minimum atomic E-state index is -0.392. The number of hydrogen-bond acceptors (Lipinski definition) is 7. The van der Waals surface area contributed by atoms with E-state index < -0.39 is 5.82 Å². The first-order chi connectivity index (χ1) is 25.8. The number of aryl methyl sites for hydroxylation is 1. The van der Waals surface area contributed by atoms with E-state index in [1.54, 1.807) is 18.2 Å². The van der Waals surface area contributed by atoms with Gasteiger partial charge in [0.1, 0.15) is 18.2 Å². The first-order valence-electron chi connectivity index (χ1n) is 18.4. The van der Waals surface area contributed by atoms with Crippen LogP contribution >= 0.6 is 11.6 Å². The van der Waals surface area contributed by atoms with E-state index in [4.69, 9.17) is 31.0 Å². The number of pyridine rings is 1. The van der Waals surface area contributed by atoms with Gasteiger partial charge in [-0.05, 0) is 91.8 Å². The number of aromatic nitrogens is 5. The second kappa shape index (κ2) is 14.1. The average Bonchev–Trinajstić information content (AvgIpc) is 3.80. The highest BCUT2D eigenvalue weighted by Gasteiger charge is 2.28. The number of imidazole rings is 1. The van der Waals surface area contributed by atoms with Crippen molar-refractivity contribution in [1.82, 2.24) is 29.6 Å². The monoisotopic (exact) mass is 729 g/mol. The molecule has 5 heterocycles. The summed E-state index contributed by atoms with van der Waals surface area (Å²) in [6.07, 6.45) is 6.78. The van der Waals surface area contributed by atoms with Crippen LogP contribution in [0.5, 0.6) is 5.88 Å². The standard InChI is InChI=1S/C42H41ClFN7O2/c1-25-18-32(21-34-41(25)48-49-42(34)28-6-7-28)45-26(2)29-9-11-38-37(19-29)46-39(51(38)22-33-14-17-52-33)23-50-15-12-27(13-16-50)36-4-3-5-40(47-36)53-24-30-8-10-31(43)20-35(30)44/h3-5,8-12,18-21,28,33,45H,2,6-7,13-17,22-24H2,1H3,(H,48,49)/t33-/m0/s1. The number of anilines is 1.